The van der Waals surface area contributed by atoms with E-state index in [-0.39, 0.29) is 17.4 Å². The monoisotopic (exact) mass is 304 g/mol. The van der Waals surface area contributed by atoms with Gasteiger partial charge in [0.2, 0.25) is 5.75 Å². The number of aromatic nitrogens is 1. The van der Waals surface area contributed by atoms with Crippen LogP contribution in [0.2, 0.25) is 0 Å². The number of pyridine rings is 1. The lowest BCUT2D eigenvalue weighted by Crippen LogP contribution is -2.25. The molecule has 0 radical (unpaired) electrons. The number of aryl methyl sites for hydroxylation is 1. The Hall–Kier alpha value is -2.17. The fourth-order valence-electron chi connectivity index (χ4n) is 2.50. The Morgan fingerprint density at radius 1 is 1.27 bits per heavy atom. The number of hydrogen-bond acceptors (Lipinski definition) is 4. The highest BCUT2D eigenvalue weighted by Gasteiger charge is 2.19. The first-order valence-corrected chi connectivity index (χ1v) is 7.66. The lowest BCUT2D eigenvalue weighted by molar-refractivity contribution is 0.226. The Kier molecular flexibility index (Phi) is 4.96. The molecule has 0 unspecified atom stereocenters. The van der Waals surface area contributed by atoms with Crippen molar-refractivity contribution < 1.29 is 9.47 Å². The number of nitrogens with two attached hydrogens (primary N) is 1. The van der Waals surface area contributed by atoms with Gasteiger partial charge in [0.05, 0.1) is 18.7 Å². The molecule has 0 atom stereocenters. The molecule has 1 aromatic carbocycles. The van der Waals surface area contributed by atoms with Crippen LogP contribution in [0.25, 0.3) is 10.9 Å². The zero-order valence-electron chi connectivity index (χ0n) is 13.7. The lowest BCUT2D eigenvalue weighted by atomic mass is 10.1. The van der Waals surface area contributed by atoms with E-state index in [1.165, 1.54) is 0 Å². The Morgan fingerprint density at radius 2 is 2.00 bits per heavy atom. The summed E-state index contributed by atoms with van der Waals surface area (Å²) in [4.78, 5) is 12.8. The van der Waals surface area contributed by atoms with Gasteiger partial charge in [-0.15, -0.1) is 0 Å². The van der Waals surface area contributed by atoms with Crippen LogP contribution in [-0.4, -0.2) is 17.8 Å². The van der Waals surface area contributed by atoms with E-state index < -0.39 is 0 Å². The topological polar surface area (TPSA) is 66.5 Å². The Balaban J connectivity index is 2.80. The summed E-state index contributed by atoms with van der Waals surface area (Å²) < 4.78 is 12.9. The molecule has 2 rings (SSSR count). The number of nitrogens with zero attached hydrogens (tertiary/aromatic N) is 1. The largest absolute Gasteiger partial charge is 0.492 e. The maximum atomic E-state index is 12.8. The van der Waals surface area contributed by atoms with Gasteiger partial charge in [-0.25, -0.2) is 0 Å². The zero-order chi connectivity index (χ0) is 16.3. The molecule has 5 nitrogen and oxygen atoms in total. The van der Waals surface area contributed by atoms with Crippen molar-refractivity contribution in [3.8, 4) is 11.5 Å². The third-order valence-electron chi connectivity index (χ3n) is 3.50. The van der Waals surface area contributed by atoms with Crippen LogP contribution in [0, 0.1) is 0 Å². The van der Waals surface area contributed by atoms with Crippen molar-refractivity contribution >= 4 is 16.6 Å². The molecule has 22 heavy (non-hydrogen) atoms. The highest BCUT2D eigenvalue weighted by Crippen LogP contribution is 2.34. The number of methoxy groups -OCH3 is 1. The van der Waals surface area contributed by atoms with E-state index in [1.807, 2.05) is 26.0 Å². The summed E-state index contributed by atoms with van der Waals surface area (Å²) in [6, 6.07) is 5.49. The van der Waals surface area contributed by atoms with Gasteiger partial charge in [-0.2, -0.15) is 0 Å². The van der Waals surface area contributed by atoms with E-state index in [4.69, 9.17) is 15.2 Å². The minimum Gasteiger partial charge on any atom is -0.492 e. The highest BCUT2D eigenvalue weighted by molar-refractivity contribution is 5.90. The summed E-state index contributed by atoms with van der Waals surface area (Å²) >= 11 is 0. The average molecular weight is 304 g/mol. The third kappa shape index (κ3) is 3.03. The van der Waals surface area contributed by atoms with Crippen LogP contribution in [0.15, 0.2) is 23.0 Å². The molecule has 0 saturated heterocycles. The molecule has 2 aromatic rings. The molecule has 2 N–H and O–H groups in total. The molecule has 0 aliphatic rings. The van der Waals surface area contributed by atoms with Crippen LogP contribution in [0.4, 0.5) is 5.69 Å². The SMILES string of the molecule is CCCCn1c(=O)c(OC(C)C)c(OC)c2ccc(N)cc21. The molecule has 0 aliphatic carbocycles. The first-order chi connectivity index (χ1) is 10.5. The predicted molar refractivity (Wildman–Crippen MR) is 89.8 cm³/mol. The van der Waals surface area contributed by atoms with Gasteiger partial charge < -0.3 is 19.8 Å². The normalized spacial score (nSPS) is 11.1. The van der Waals surface area contributed by atoms with Gasteiger partial charge in [0.15, 0.2) is 5.75 Å². The first kappa shape index (κ1) is 16.2. The van der Waals surface area contributed by atoms with Crippen molar-refractivity contribution in [2.24, 2.45) is 0 Å². The summed E-state index contributed by atoms with van der Waals surface area (Å²) in [6.45, 7) is 6.51. The highest BCUT2D eigenvalue weighted by atomic mass is 16.5. The number of benzene rings is 1. The van der Waals surface area contributed by atoms with E-state index in [2.05, 4.69) is 6.92 Å². The minimum atomic E-state index is -0.169. The molecule has 0 spiro atoms. The van der Waals surface area contributed by atoms with E-state index in [0.717, 1.165) is 23.7 Å². The Bertz CT molecular complexity index is 720. The van der Waals surface area contributed by atoms with E-state index >= 15 is 0 Å². The molecular weight excluding hydrogens is 280 g/mol. The molecule has 0 aliphatic heterocycles. The summed E-state index contributed by atoms with van der Waals surface area (Å²) in [5.74, 6) is 0.743. The number of unbranched alkanes of at least 4 members (excludes halogenated alkanes) is 1. The summed E-state index contributed by atoms with van der Waals surface area (Å²) in [6.07, 6.45) is 1.81. The molecule has 120 valence electrons. The zero-order valence-corrected chi connectivity index (χ0v) is 13.7. The van der Waals surface area contributed by atoms with E-state index in [9.17, 15) is 4.79 Å². The summed E-state index contributed by atoms with van der Waals surface area (Å²) in [7, 11) is 1.55. The second-order valence-corrected chi connectivity index (χ2v) is 5.62. The first-order valence-electron chi connectivity index (χ1n) is 7.66. The van der Waals surface area contributed by atoms with Gasteiger partial charge in [-0.3, -0.25) is 4.79 Å². The van der Waals surface area contributed by atoms with Gasteiger partial charge in [0, 0.05) is 17.6 Å². The van der Waals surface area contributed by atoms with Crippen LogP contribution in [-0.2, 0) is 6.54 Å². The number of ether oxygens (including phenoxy) is 2. The number of fused-ring (bicyclic) bond motifs is 1. The maximum absolute atomic E-state index is 12.8. The minimum absolute atomic E-state index is 0.104. The Morgan fingerprint density at radius 3 is 2.59 bits per heavy atom. The van der Waals surface area contributed by atoms with Crippen LogP contribution in [0.5, 0.6) is 11.5 Å². The van der Waals surface area contributed by atoms with Gasteiger partial charge in [0.1, 0.15) is 0 Å². The van der Waals surface area contributed by atoms with Gasteiger partial charge in [-0.1, -0.05) is 13.3 Å². The van der Waals surface area contributed by atoms with Crippen molar-refractivity contribution in [1.29, 1.82) is 0 Å². The molecule has 0 fully saturated rings. The summed E-state index contributed by atoms with van der Waals surface area (Å²) in [5.41, 5.74) is 7.13. The molecule has 0 bridgehead atoms. The molecule has 1 aromatic heterocycles. The second-order valence-electron chi connectivity index (χ2n) is 5.62. The van der Waals surface area contributed by atoms with Crippen LogP contribution >= 0.6 is 0 Å². The van der Waals surface area contributed by atoms with Crippen molar-refractivity contribution in [3.05, 3.63) is 28.6 Å². The molecule has 0 amide bonds. The van der Waals surface area contributed by atoms with E-state index in [1.54, 1.807) is 17.7 Å². The van der Waals surface area contributed by atoms with Gasteiger partial charge >= 0.3 is 0 Å². The maximum Gasteiger partial charge on any atom is 0.297 e. The molecule has 1 heterocycles. The lowest BCUT2D eigenvalue weighted by Gasteiger charge is -2.19. The molecule has 0 saturated carbocycles. The molecule has 5 heteroatoms. The van der Waals surface area contributed by atoms with Crippen molar-refractivity contribution in [3.63, 3.8) is 0 Å². The van der Waals surface area contributed by atoms with Crippen LogP contribution < -0.4 is 20.8 Å². The van der Waals surface area contributed by atoms with Crippen molar-refractivity contribution in [1.82, 2.24) is 4.57 Å². The second kappa shape index (κ2) is 6.73. The third-order valence-corrected chi connectivity index (χ3v) is 3.50. The number of rotatable bonds is 6. The van der Waals surface area contributed by atoms with E-state index in [0.29, 0.717) is 18.0 Å². The fourth-order valence-corrected chi connectivity index (χ4v) is 2.50. The number of anilines is 1. The van der Waals surface area contributed by atoms with Crippen molar-refractivity contribution in [2.45, 2.75) is 46.3 Å². The average Bonchev–Trinajstić information content (AvgIpc) is 2.47. The quantitative estimate of drug-likeness (QED) is 0.832. The predicted octanol–water partition coefficient (Wildman–Crippen LogP) is 3.18. The van der Waals surface area contributed by atoms with Crippen LogP contribution in [0.1, 0.15) is 33.6 Å². The molecular formula is C17H24N2O3. The number of hydrogen-bond donors (Lipinski definition) is 1. The van der Waals surface area contributed by atoms with Crippen molar-refractivity contribution in [2.75, 3.05) is 12.8 Å². The number of nitrogen functional groups attached to an aromatic ring is 1. The van der Waals surface area contributed by atoms with Gasteiger partial charge in [-0.05, 0) is 38.5 Å². The smallest absolute Gasteiger partial charge is 0.297 e. The summed E-state index contributed by atoms with van der Waals surface area (Å²) in [5, 5.41) is 0.836. The standard InChI is InChI=1S/C17H24N2O3/c1-5-6-9-19-14-10-12(18)7-8-13(14)15(21-4)16(17(19)20)22-11(2)3/h7-8,10-11H,5-6,9,18H2,1-4H3. The fraction of sp³-hybridized carbons (Fsp3) is 0.471. The Labute approximate surface area is 130 Å². The van der Waals surface area contributed by atoms with Gasteiger partial charge in [0.25, 0.3) is 5.56 Å². The van der Waals surface area contributed by atoms with Crippen LogP contribution in [0.3, 0.4) is 0 Å².